The van der Waals surface area contributed by atoms with E-state index in [9.17, 15) is 5.11 Å². The zero-order chi connectivity index (χ0) is 10.6. The molecule has 1 rings (SSSR count). The molecule has 0 aliphatic heterocycles. The number of rotatable bonds is 5. The first-order valence-electron chi connectivity index (χ1n) is 5.26. The molecule has 14 heavy (non-hydrogen) atoms. The van der Waals surface area contributed by atoms with E-state index in [4.69, 9.17) is 5.11 Å². The monoisotopic (exact) mass is 219 g/mol. The third-order valence-corrected chi connectivity index (χ3v) is 4.16. The van der Waals surface area contributed by atoms with Gasteiger partial charge in [0, 0.05) is 17.3 Å². The van der Waals surface area contributed by atoms with Crippen LogP contribution in [0.2, 0.25) is 0 Å². The molecule has 0 aromatic carbocycles. The van der Waals surface area contributed by atoms with Crippen molar-refractivity contribution in [1.29, 1.82) is 0 Å². The maximum absolute atomic E-state index is 9.63. The molecule has 1 fully saturated rings. The van der Waals surface area contributed by atoms with Crippen LogP contribution in [0.5, 0.6) is 0 Å². The van der Waals surface area contributed by atoms with Crippen molar-refractivity contribution >= 4 is 11.8 Å². The third kappa shape index (κ3) is 3.12. The first-order chi connectivity index (χ1) is 6.69. The van der Waals surface area contributed by atoms with Crippen molar-refractivity contribution < 1.29 is 10.2 Å². The molecule has 2 unspecified atom stereocenters. The molecule has 0 amide bonds. The zero-order valence-electron chi connectivity index (χ0n) is 8.94. The van der Waals surface area contributed by atoms with Crippen molar-refractivity contribution in [2.24, 2.45) is 0 Å². The highest BCUT2D eigenvalue weighted by Gasteiger charge is 2.27. The lowest BCUT2D eigenvalue weighted by molar-refractivity contribution is 0.141. The summed E-state index contributed by atoms with van der Waals surface area (Å²) in [6, 6.07) is 0.485. The van der Waals surface area contributed by atoms with E-state index >= 15 is 0 Å². The summed E-state index contributed by atoms with van der Waals surface area (Å²) >= 11 is 1.67. The molecule has 4 heteroatoms. The minimum atomic E-state index is -0.196. The summed E-state index contributed by atoms with van der Waals surface area (Å²) in [5.74, 6) is 0. The normalized spacial score (nSPS) is 31.7. The van der Waals surface area contributed by atoms with E-state index in [1.807, 2.05) is 6.26 Å². The topological polar surface area (TPSA) is 52.5 Å². The fourth-order valence-electron chi connectivity index (χ4n) is 2.02. The Kier molecular flexibility index (Phi) is 5.23. The van der Waals surface area contributed by atoms with Gasteiger partial charge in [-0.25, -0.2) is 0 Å². The van der Waals surface area contributed by atoms with Gasteiger partial charge in [0.25, 0.3) is 0 Å². The lowest BCUT2D eigenvalue weighted by atomic mass is 10.1. The minimum absolute atomic E-state index is 0.193. The molecule has 3 nitrogen and oxygen atoms in total. The number of hydrogen-bond acceptors (Lipinski definition) is 4. The molecule has 0 bridgehead atoms. The number of aliphatic hydroxyl groups excluding tert-OH is 2. The van der Waals surface area contributed by atoms with E-state index in [0.717, 1.165) is 19.3 Å². The molecule has 4 atom stereocenters. The molecule has 0 aromatic rings. The Morgan fingerprint density at radius 1 is 1.50 bits per heavy atom. The Balaban J connectivity index is 2.34. The van der Waals surface area contributed by atoms with Gasteiger partial charge < -0.3 is 15.5 Å². The molecule has 0 radical (unpaired) electrons. The summed E-state index contributed by atoms with van der Waals surface area (Å²) in [7, 11) is 0. The maximum Gasteiger partial charge on any atom is 0.0693 e. The summed E-state index contributed by atoms with van der Waals surface area (Å²) in [6.45, 7) is 2.26. The molecule has 1 aliphatic carbocycles. The van der Waals surface area contributed by atoms with Crippen LogP contribution in [0.15, 0.2) is 0 Å². The number of thioether (sulfide) groups is 1. The van der Waals surface area contributed by atoms with Crippen LogP contribution in [0.1, 0.15) is 26.2 Å². The van der Waals surface area contributed by atoms with E-state index in [1.54, 1.807) is 11.8 Å². The molecular formula is C10H21NO2S. The van der Waals surface area contributed by atoms with Crippen LogP contribution in [0.4, 0.5) is 0 Å². The minimum Gasteiger partial charge on any atom is -0.395 e. The highest BCUT2D eigenvalue weighted by atomic mass is 32.2. The second kappa shape index (κ2) is 5.95. The summed E-state index contributed by atoms with van der Waals surface area (Å²) < 4.78 is 0. The Hall–Kier alpha value is 0.230. The van der Waals surface area contributed by atoms with Crippen molar-refractivity contribution in [2.75, 3.05) is 12.9 Å². The molecule has 0 spiro atoms. The van der Waals surface area contributed by atoms with Crippen molar-refractivity contribution in [2.45, 2.75) is 49.6 Å². The summed E-state index contributed by atoms with van der Waals surface area (Å²) in [5, 5.41) is 22.4. The molecule has 3 N–H and O–H groups in total. The second-order valence-corrected chi connectivity index (χ2v) is 5.09. The number of hydrogen-bond donors (Lipinski definition) is 3. The van der Waals surface area contributed by atoms with Crippen LogP contribution in [-0.4, -0.2) is 46.5 Å². The largest absolute Gasteiger partial charge is 0.395 e. The highest BCUT2D eigenvalue weighted by Crippen LogP contribution is 2.21. The molecule has 0 heterocycles. The van der Waals surface area contributed by atoms with E-state index in [2.05, 4.69) is 12.2 Å². The van der Waals surface area contributed by atoms with Gasteiger partial charge in [-0.1, -0.05) is 0 Å². The Labute approximate surface area is 90.3 Å². The van der Waals surface area contributed by atoms with Crippen molar-refractivity contribution in [3.8, 4) is 0 Å². The van der Waals surface area contributed by atoms with Gasteiger partial charge in [-0.2, -0.15) is 11.8 Å². The van der Waals surface area contributed by atoms with Crippen LogP contribution >= 0.6 is 11.8 Å². The van der Waals surface area contributed by atoms with E-state index < -0.39 is 0 Å². The van der Waals surface area contributed by atoms with Crippen LogP contribution in [-0.2, 0) is 0 Å². The van der Waals surface area contributed by atoms with Crippen molar-refractivity contribution in [1.82, 2.24) is 5.32 Å². The SMILES string of the molecule is CSC(CO)C(C)N[C@H]1CCC[C@@H]1O. The predicted octanol–water partition coefficient (Wildman–Crippen LogP) is 0.602. The van der Waals surface area contributed by atoms with Gasteiger partial charge in [0.05, 0.1) is 12.7 Å². The number of nitrogens with one attached hydrogen (secondary N) is 1. The predicted molar refractivity (Wildman–Crippen MR) is 60.6 cm³/mol. The Bertz CT molecular complexity index is 164. The molecule has 0 aromatic heterocycles. The van der Waals surface area contributed by atoms with Gasteiger partial charge in [-0.05, 0) is 32.4 Å². The van der Waals surface area contributed by atoms with Gasteiger partial charge in [-0.15, -0.1) is 0 Å². The fraction of sp³-hybridized carbons (Fsp3) is 1.00. The van der Waals surface area contributed by atoms with Crippen molar-refractivity contribution in [3.63, 3.8) is 0 Å². The van der Waals surface area contributed by atoms with Crippen LogP contribution < -0.4 is 5.32 Å². The summed E-state index contributed by atoms with van der Waals surface area (Å²) in [6.07, 6.45) is 4.88. The standard InChI is InChI=1S/C10H21NO2S/c1-7(10(6-12)14-2)11-8-4-3-5-9(8)13/h7-13H,3-6H2,1-2H3/t7?,8-,9-,10?/m0/s1. The summed E-state index contributed by atoms with van der Waals surface area (Å²) in [4.78, 5) is 0. The smallest absolute Gasteiger partial charge is 0.0693 e. The molecule has 1 aliphatic rings. The molecule has 84 valence electrons. The first-order valence-corrected chi connectivity index (χ1v) is 6.55. The summed E-state index contributed by atoms with van der Waals surface area (Å²) in [5.41, 5.74) is 0. The van der Waals surface area contributed by atoms with Crippen molar-refractivity contribution in [3.05, 3.63) is 0 Å². The molecule has 1 saturated carbocycles. The highest BCUT2D eigenvalue weighted by molar-refractivity contribution is 7.99. The lowest BCUT2D eigenvalue weighted by Crippen LogP contribution is -2.46. The zero-order valence-corrected chi connectivity index (χ0v) is 9.76. The van der Waals surface area contributed by atoms with Crippen LogP contribution in [0.25, 0.3) is 0 Å². The maximum atomic E-state index is 9.63. The first kappa shape index (κ1) is 12.3. The number of aliphatic hydroxyl groups is 2. The van der Waals surface area contributed by atoms with Gasteiger partial charge >= 0.3 is 0 Å². The van der Waals surface area contributed by atoms with Gasteiger partial charge in [0.15, 0.2) is 0 Å². The Morgan fingerprint density at radius 2 is 2.21 bits per heavy atom. The average Bonchev–Trinajstić information content (AvgIpc) is 2.54. The Morgan fingerprint density at radius 3 is 2.64 bits per heavy atom. The second-order valence-electron chi connectivity index (χ2n) is 4.02. The quantitative estimate of drug-likeness (QED) is 0.634. The van der Waals surface area contributed by atoms with Crippen LogP contribution in [0, 0.1) is 0 Å². The van der Waals surface area contributed by atoms with E-state index in [-0.39, 0.29) is 30.0 Å². The van der Waals surface area contributed by atoms with Crippen LogP contribution in [0.3, 0.4) is 0 Å². The van der Waals surface area contributed by atoms with Gasteiger partial charge in [0.1, 0.15) is 0 Å². The molecule has 0 saturated heterocycles. The third-order valence-electron chi connectivity index (χ3n) is 3.00. The average molecular weight is 219 g/mol. The van der Waals surface area contributed by atoms with Gasteiger partial charge in [-0.3, -0.25) is 0 Å². The van der Waals surface area contributed by atoms with E-state index in [0.29, 0.717) is 0 Å². The fourth-order valence-corrected chi connectivity index (χ4v) is 2.65. The lowest BCUT2D eigenvalue weighted by Gasteiger charge is -2.26. The van der Waals surface area contributed by atoms with E-state index in [1.165, 1.54) is 0 Å². The molecular weight excluding hydrogens is 198 g/mol. The van der Waals surface area contributed by atoms with Gasteiger partial charge in [0.2, 0.25) is 0 Å².